The van der Waals surface area contributed by atoms with Gasteiger partial charge in [-0.15, -0.1) is 0 Å². The molecule has 1 aromatic rings. The zero-order valence-corrected chi connectivity index (χ0v) is 13.5. The maximum Gasteiger partial charge on any atom is 0.339 e. The Labute approximate surface area is 127 Å². The van der Waals surface area contributed by atoms with Crippen molar-refractivity contribution in [3.8, 4) is 0 Å². The summed E-state index contributed by atoms with van der Waals surface area (Å²) in [4.78, 5) is 15.8. The zero-order valence-electron chi connectivity index (χ0n) is 13.5. The van der Waals surface area contributed by atoms with Crippen LogP contribution in [-0.4, -0.2) is 28.6 Å². The molecule has 1 saturated heterocycles. The summed E-state index contributed by atoms with van der Waals surface area (Å²) >= 11 is 0. The Kier molecular flexibility index (Phi) is 4.67. The zero-order chi connectivity index (χ0) is 15.5. The van der Waals surface area contributed by atoms with Crippen LogP contribution in [0.25, 0.3) is 0 Å². The minimum Gasteiger partial charge on any atom is -0.462 e. The van der Waals surface area contributed by atoms with Gasteiger partial charge in [0.1, 0.15) is 0 Å². The van der Waals surface area contributed by atoms with Gasteiger partial charge in [0.05, 0.1) is 12.2 Å². The highest BCUT2D eigenvalue weighted by Crippen LogP contribution is 2.34. The molecule has 0 saturated carbocycles. The molecule has 2 rings (SSSR count). The van der Waals surface area contributed by atoms with E-state index in [2.05, 4.69) is 38.0 Å². The van der Waals surface area contributed by atoms with Gasteiger partial charge in [-0.2, -0.15) is 0 Å². The summed E-state index contributed by atoms with van der Waals surface area (Å²) in [6, 6.07) is 3.47. The molecule has 4 heteroatoms. The van der Waals surface area contributed by atoms with E-state index in [1.807, 2.05) is 0 Å². The number of nitrogens with zero attached hydrogens (tertiary/aromatic N) is 1. The number of rotatable bonds is 4. The van der Waals surface area contributed by atoms with Crippen molar-refractivity contribution in [2.75, 3.05) is 6.61 Å². The predicted molar refractivity (Wildman–Crippen MR) is 83.2 cm³/mol. The highest BCUT2D eigenvalue weighted by atomic mass is 16.5. The number of nitrogens with one attached hydrogen (secondary N) is 1. The number of piperidine rings is 1. The first-order valence-corrected chi connectivity index (χ1v) is 7.64. The molecule has 1 aliphatic rings. The molecule has 4 nitrogen and oxygen atoms in total. The van der Waals surface area contributed by atoms with Gasteiger partial charge >= 0.3 is 5.97 Å². The molecule has 116 valence electrons. The molecule has 21 heavy (non-hydrogen) atoms. The van der Waals surface area contributed by atoms with Crippen LogP contribution in [0.5, 0.6) is 0 Å². The molecule has 0 amide bonds. The van der Waals surface area contributed by atoms with E-state index >= 15 is 0 Å². The van der Waals surface area contributed by atoms with E-state index in [0.29, 0.717) is 18.1 Å². The summed E-state index contributed by atoms with van der Waals surface area (Å²) in [6.45, 7) is 9.43. The second kappa shape index (κ2) is 6.14. The molecule has 0 bridgehead atoms. The summed E-state index contributed by atoms with van der Waals surface area (Å²) < 4.78 is 5.37. The van der Waals surface area contributed by atoms with E-state index in [4.69, 9.17) is 4.74 Å². The number of hydrogen-bond donors (Lipinski definition) is 1. The van der Waals surface area contributed by atoms with Crippen molar-refractivity contribution in [3.63, 3.8) is 0 Å². The third-order valence-corrected chi connectivity index (χ3v) is 3.93. The van der Waals surface area contributed by atoms with Gasteiger partial charge < -0.3 is 10.1 Å². The standard InChI is InChI=1S/C17H26N2O2/c1-16(2)10-13(11-17(3,4)19-16)7-9-21-15(20)14-6-5-8-18-12-14/h5-6,8,12-13,19H,7,9-11H2,1-4H3. The van der Waals surface area contributed by atoms with E-state index < -0.39 is 0 Å². The summed E-state index contributed by atoms with van der Waals surface area (Å²) in [5.74, 6) is 0.300. The maximum atomic E-state index is 11.9. The molecule has 0 spiro atoms. The number of esters is 1. The molecule has 1 aliphatic heterocycles. The number of hydrogen-bond acceptors (Lipinski definition) is 4. The van der Waals surface area contributed by atoms with Gasteiger partial charge in [0.2, 0.25) is 0 Å². The molecule has 1 aromatic heterocycles. The van der Waals surface area contributed by atoms with Gasteiger partial charge in [0.25, 0.3) is 0 Å². The van der Waals surface area contributed by atoms with Crippen molar-refractivity contribution in [2.24, 2.45) is 5.92 Å². The van der Waals surface area contributed by atoms with Crippen LogP contribution in [0.4, 0.5) is 0 Å². The third-order valence-electron chi connectivity index (χ3n) is 3.93. The first-order chi connectivity index (χ1) is 9.77. The molecular weight excluding hydrogens is 264 g/mol. The first-order valence-electron chi connectivity index (χ1n) is 7.64. The monoisotopic (exact) mass is 290 g/mol. The van der Waals surface area contributed by atoms with Crippen LogP contribution in [0, 0.1) is 5.92 Å². The van der Waals surface area contributed by atoms with Crippen molar-refractivity contribution in [1.29, 1.82) is 0 Å². The Bertz CT molecular complexity index is 467. The normalized spacial score (nSPS) is 21.0. The second-order valence-electron chi connectivity index (χ2n) is 7.33. The van der Waals surface area contributed by atoms with Crippen LogP contribution in [0.15, 0.2) is 24.5 Å². The van der Waals surface area contributed by atoms with Gasteiger partial charge in [-0.3, -0.25) is 4.98 Å². The van der Waals surface area contributed by atoms with E-state index in [9.17, 15) is 4.79 Å². The van der Waals surface area contributed by atoms with Crippen LogP contribution in [0.3, 0.4) is 0 Å². The van der Waals surface area contributed by atoms with Gasteiger partial charge in [-0.1, -0.05) is 0 Å². The second-order valence-corrected chi connectivity index (χ2v) is 7.33. The molecule has 0 unspecified atom stereocenters. The highest BCUT2D eigenvalue weighted by Gasteiger charge is 2.37. The number of ether oxygens (including phenoxy) is 1. The predicted octanol–water partition coefficient (Wildman–Crippen LogP) is 3.19. The van der Waals surface area contributed by atoms with E-state index in [1.54, 1.807) is 24.5 Å². The molecule has 2 heterocycles. The van der Waals surface area contributed by atoms with Crippen molar-refractivity contribution >= 4 is 5.97 Å². The van der Waals surface area contributed by atoms with Gasteiger partial charge in [-0.05, 0) is 65.0 Å². The largest absolute Gasteiger partial charge is 0.462 e. The molecule has 1 N–H and O–H groups in total. The van der Waals surface area contributed by atoms with Gasteiger partial charge in [-0.25, -0.2) is 4.79 Å². The highest BCUT2D eigenvalue weighted by molar-refractivity contribution is 5.88. The van der Waals surface area contributed by atoms with E-state index in [-0.39, 0.29) is 17.0 Å². The summed E-state index contributed by atoms with van der Waals surface area (Å²) in [6.07, 6.45) is 6.33. The number of carbonyl (C=O) groups excluding carboxylic acids is 1. The first kappa shape index (κ1) is 16.0. The summed E-state index contributed by atoms with van der Waals surface area (Å²) in [5.41, 5.74) is 0.794. The summed E-state index contributed by atoms with van der Waals surface area (Å²) in [5, 5.41) is 3.67. The van der Waals surface area contributed by atoms with Crippen LogP contribution in [0.2, 0.25) is 0 Å². The van der Waals surface area contributed by atoms with Crippen LogP contribution in [-0.2, 0) is 4.74 Å². The van der Waals surface area contributed by atoms with Crippen molar-refractivity contribution in [3.05, 3.63) is 30.1 Å². The fourth-order valence-electron chi connectivity index (χ4n) is 3.62. The molecule has 0 atom stereocenters. The van der Waals surface area contributed by atoms with Crippen LogP contribution < -0.4 is 5.32 Å². The molecule has 0 aromatic carbocycles. The van der Waals surface area contributed by atoms with Crippen molar-refractivity contribution < 1.29 is 9.53 Å². The minimum absolute atomic E-state index is 0.139. The van der Waals surface area contributed by atoms with Crippen LogP contribution >= 0.6 is 0 Å². The average Bonchev–Trinajstić information content (AvgIpc) is 2.36. The Hall–Kier alpha value is -1.42. The molecule has 0 radical (unpaired) electrons. The van der Waals surface area contributed by atoms with Gasteiger partial charge in [0.15, 0.2) is 0 Å². The number of pyridine rings is 1. The SMILES string of the molecule is CC1(C)CC(CCOC(=O)c2cccnc2)CC(C)(C)N1. The molecule has 0 aliphatic carbocycles. The fourth-order valence-corrected chi connectivity index (χ4v) is 3.62. The molecular formula is C17H26N2O2. The Morgan fingerprint density at radius 3 is 2.57 bits per heavy atom. The van der Waals surface area contributed by atoms with E-state index in [0.717, 1.165) is 19.3 Å². The van der Waals surface area contributed by atoms with E-state index in [1.165, 1.54) is 0 Å². The minimum atomic E-state index is -0.282. The number of carbonyl (C=O) groups is 1. The van der Waals surface area contributed by atoms with Crippen molar-refractivity contribution in [2.45, 2.75) is 58.0 Å². The quantitative estimate of drug-likeness (QED) is 0.865. The Morgan fingerprint density at radius 2 is 2.00 bits per heavy atom. The Balaban J connectivity index is 1.82. The fraction of sp³-hybridized carbons (Fsp3) is 0.647. The topological polar surface area (TPSA) is 51.2 Å². The average molecular weight is 290 g/mol. The van der Waals surface area contributed by atoms with Crippen molar-refractivity contribution in [1.82, 2.24) is 10.3 Å². The third kappa shape index (κ3) is 4.81. The van der Waals surface area contributed by atoms with Gasteiger partial charge in [0, 0.05) is 23.5 Å². The molecule has 1 fully saturated rings. The number of aromatic nitrogens is 1. The van der Waals surface area contributed by atoms with Crippen LogP contribution in [0.1, 0.15) is 57.3 Å². The lowest BCUT2D eigenvalue weighted by Gasteiger charge is -2.46. The lowest BCUT2D eigenvalue weighted by molar-refractivity contribution is 0.0436. The lowest BCUT2D eigenvalue weighted by Crippen LogP contribution is -2.57. The summed E-state index contributed by atoms with van der Waals surface area (Å²) in [7, 11) is 0. The lowest BCUT2D eigenvalue weighted by atomic mass is 9.75. The smallest absolute Gasteiger partial charge is 0.339 e. The Morgan fingerprint density at radius 1 is 1.33 bits per heavy atom. The maximum absolute atomic E-state index is 11.9.